The zero-order chi connectivity index (χ0) is 18.5. The molecule has 0 bridgehead atoms. The smallest absolute Gasteiger partial charge is 0.276 e. The summed E-state index contributed by atoms with van der Waals surface area (Å²) in [5.41, 5.74) is 3.25. The Morgan fingerprint density at radius 3 is 2.46 bits per heavy atom. The molecule has 0 fully saturated rings. The van der Waals surface area contributed by atoms with Crippen molar-refractivity contribution in [3.8, 4) is 11.3 Å². The molecule has 0 unspecified atom stereocenters. The highest BCUT2D eigenvalue weighted by Crippen LogP contribution is 2.19. The maximum absolute atomic E-state index is 12.6. The van der Waals surface area contributed by atoms with Crippen LogP contribution < -0.4 is 10.6 Å². The van der Waals surface area contributed by atoms with E-state index in [4.69, 9.17) is 0 Å². The van der Waals surface area contributed by atoms with Gasteiger partial charge in [-0.3, -0.25) is 19.6 Å². The van der Waals surface area contributed by atoms with Gasteiger partial charge in [-0.25, -0.2) is 4.98 Å². The Bertz CT molecular complexity index is 957. The highest BCUT2D eigenvalue weighted by molar-refractivity contribution is 6.04. The van der Waals surface area contributed by atoms with Crippen LogP contribution in [0.1, 0.15) is 23.1 Å². The van der Waals surface area contributed by atoms with E-state index in [9.17, 15) is 9.59 Å². The summed E-state index contributed by atoms with van der Waals surface area (Å²) in [5, 5.41) is 5.46. The fourth-order valence-electron chi connectivity index (χ4n) is 2.39. The zero-order valence-electron chi connectivity index (χ0n) is 14.4. The molecule has 3 aromatic rings. The van der Waals surface area contributed by atoms with Gasteiger partial charge in [0.05, 0.1) is 17.6 Å². The van der Waals surface area contributed by atoms with Crippen molar-refractivity contribution in [3.05, 3.63) is 66.4 Å². The van der Waals surface area contributed by atoms with Crippen molar-refractivity contribution in [1.82, 2.24) is 15.0 Å². The minimum atomic E-state index is -0.374. The maximum atomic E-state index is 12.6. The molecule has 0 saturated carbocycles. The number of carbonyl (C=O) groups excluding carboxylic acids is 2. The van der Waals surface area contributed by atoms with Crippen LogP contribution in [0.5, 0.6) is 0 Å². The van der Waals surface area contributed by atoms with E-state index >= 15 is 0 Å². The Kier molecular flexibility index (Phi) is 4.98. The number of hydrogen-bond donors (Lipinski definition) is 2. The van der Waals surface area contributed by atoms with Gasteiger partial charge in [-0.15, -0.1) is 0 Å². The Balaban J connectivity index is 1.85. The number of pyridine rings is 1. The molecule has 26 heavy (non-hydrogen) atoms. The van der Waals surface area contributed by atoms with Gasteiger partial charge in [-0.1, -0.05) is 6.07 Å². The average molecular weight is 347 g/mol. The lowest BCUT2D eigenvalue weighted by molar-refractivity contribution is -0.114. The number of benzene rings is 1. The van der Waals surface area contributed by atoms with E-state index in [-0.39, 0.29) is 17.5 Å². The van der Waals surface area contributed by atoms with E-state index in [0.717, 1.165) is 5.56 Å². The molecule has 0 aliphatic rings. The number of amides is 2. The molecule has 2 amide bonds. The van der Waals surface area contributed by atoms with E-state index in [1.54, 1.807) is 55.8 Å². The lowest BCUT2D eigenvalue weighted by Crippen LogP contribution is -2.17. The normalized spacial score (nSPS) is 10.2. The van der Waals surface area contributed by atoms with Crippen molar-refractivity contribution in [1.29, 1.82) is 0 Å². The third-order valence-corrected chi connectivity index (χ3v) is 3.57. The number of nitrogens with one attached hydrogen (secondary N) is 2. The van der Waals surface area contributed by atoms with Crippen molar-refractivity contribution in [2.24, 2.45) is 0 Å². The van der Waals surface area contributed by atoms with Crippen molar-refractivity contribution >= 4 is 23.2 Å². The second-order valence-electron chi connectivity index (χ2n) is 5.65. The molecule has 130 valence electrons. The van der Waals surface area contributed by atoms with Crippen molar-refractivity contribution in [3.63, 3.8) is 0 Å². The molecule has 2 aromatic heterocycles. The van der Waals surface area contributed by atoms with Gasteiger partial charge in [-0.05, 0) is 37.3 Å². The van der Waals surface area contributed by atoms with Crippen molar-refractivity contribution < 1.29 is 9.59 Å². The van der Waals surface area contributed by atoms with Crippen LogP contribution in [0.15, 0.2) is 55.0 Å². The Hall–Kier alpha value is -3.61. The number of anilines is 2. The molecule has 1 aromatic carbocycles. The standard InChI is InChI=1S/C19H17N5O2/c1-12-18(24-17(11-21-12)14-5-4-8-20-10-14)19(26)23-16-7-3-6-15(9-16)22-13(2)25/h3-11H,1-2H3,(H,22,25)(H,23,26). The van der Waals surface area contributed by atoms with Gasteiger partial charge in [-0.2, -0.15) is 0 Å². The quantitative estimate of drug-likeness (QED) is 0.756. The maximum Gasteiger partial charge on any atom is 0.276 e. The molecule has 7 heteroatoms. The van der Waals surface area contributed by atoms with Crippen LogP contribution in [-0.4, -0.2) is 26.8 Å². The van der Waals surface area contributed by atoms with E-state index in [1.165, 1.54) is 6.92 Å². The predicted octanol–water partition coefficient (Wildman–Crippen LogP) is 3.06. The molecule has 0 atom stereocenters. The van der Waals surface area contributed by atoms with Gasteiger partial charge in [0.15, 0.2) is 0 Å². The van der Waals surface area contributed by atoms with Crippen LogP contribution in [0.3, 0.4) is 0 Å². The van der Waals surface area contributed by atoms with E-state index < -0.39 is 0 Å². The topological polar surface area (TPSA) is 96.9 Å². The number of aromatic nitrogens is 3. The van der Waals surface area contributed by atoms with Crippen molar-refractivity contribution in [2.75, 3.05) is 10.6 Å². The molecule has 0 saturated heterocycles. The first-order valence-corrected chi connectivity index (χ1v) is 7.96. The second kappa shape index (κ2) is 7.52. The average Bonchev–Trinajstić information content (AvgIpc) is 2.62. The van der Waals surface area contributed by atoms with E-state index in [0.29, 0.717) is 22.8 Å². The Morgan fingerprint density at radius 1 is 1.00 bits per heavy atom. The van der Waals surface area contributed by atoms with Gasteiger partial charge in [0.25, 0.3) is 5.91 Å². The minimum absolute atomic E-state index is 0.181. The van der Waals surface area contributed by atoms with Gasteiger partial charge in [0.1, 0.15) is 5.69 Å². The molecule has 7 nitrogen and oxygen atoms in total. The highest BCUT2D eigenvalue weighted by atomic mass is 16.2. The van der Waals surface area contributed by atoms with Gasteiger partial charge in [0, 0.05) is 36.3 Å². The van der Waals surface area contributed by atoms with Gasteiger partial charge < -0.3 is 10.6 Å². The highest BCUT2D eigenvalue weighted by Gasteiger charge is 2.14. The van der Waals surface area contributed by atoms with Gasteiger partial charge in [0.2, 0.25) is 5.91 Å². The summed E-state index contributed by atoms with van der Waals surface area (Å²) in [6, 6.07) is 10.5. The summed E-state index contributed by atoms with van der Waals surface area (Å²) in [5.74, 6) is -0.555. The van der Waals surface area contributed by atoms with Crippen LogP contribution in [0, 0.1) is 6.92 Å². The lowest BCUT2D eigenvalue weighted by Gasteiger charge is -2.10. The zero-order valence-corrected chi connectivity index (χ0v) is 14.4. The second-order valence-corrected chi connectivity index (χ2v) is 5.65. The summed E-state index contributed by atoms with van der Waals surface area (Å²) in [6.45, 7) is 3.15. The molecule has 2 N–H and O–H groups in total. The molecule has 2 heterocycles. The number of rotatable bonds is 4. The summed E-state index contributed by atoms with van der Waals surface area (Å²) < 4.78 is 0. The first-order valence-electron chi connectivity index (χ1n) is 7.96. The van der Waals surface area contributed by atoms with E-state index in [2.05, 4.69) is 25.6 Å². The van der Waals surface area contributed by atoms with Crippen LogP contribution in [0.25, 0.3) is 11.3 Å². The summed E-state index contributed by atoms with van der Waals surface area (Å²) >= 11 is 0. The van der Waals surface area contributed by atoms with Crippen molar-refractivity contribution in [2.45, 2.75) is 13.8 Å². The molecule has 0 radical (unpaired) electrons. The first-order chi connectivity index (χ1) is 12.5. The lowest BCUT2D eigenvalue weighted by atomic mass is 10.2. The molecule has 0 aliphatic heterocycles. The van der Waals surface area contributed by atoms with Crippen LogP contribution in [0.4, 0.5) is 11.4 Å². The molecule has 3 rings (SSSR count). The summed E-state index contributed by atoms with van der Waals surface area (Å²) in [4.78, 5) is 36.5. The van der Waals surface area contributed by atoms with Crippen LogP contribution in [0.2, 0.25) is 0 Å². The number of aryl methyl sites for hydroxylation is 1. The molecule has 0 aliphatic carbocycles. The van der Waals surface area contributed by atoms with E-state index in [1.807, 2.05) is 6.07 Å². The number of carbonyl (C=O) groups is 2. The Labute approximate surface area is 150 Å². The molecule has 0 spiro atoms. The summed E-state index contributed by atoms with van der Waals surface area (Å²) in [6.07, 6.45) is 4.94. The first kappa shape index (κ1) is 17.2. The summed E-state index contributed by atoms with van der Waals surface area (Å²) in [7, 11) is 0. The minimum Gasteiger partial charge on any atom is -0.326 e. The molecular formula is C19H17N5O2. The monoisotopic (exact) mass is 347 g/mol. The predicted molar refractivity (Wildman–Crippen MR) is 98.7 cm³/mol. The van der Waals surface area contributed by atoms with Crippen LogP contribution in [-0.2, 0) is 4.79 Å². The largest absolute Gasteiger partial charge is 0.326 e. The number of nitrogens with zero attached hydrogens (tertiary/aromatic N) is 3. The fourth-order valence-corrected chi connectivity index (χ4v) is 2.39. The fraction of sp³-hybridized carbons (Fsp3) is 0.105. The molecular weight excluding hydrogens is 330 g/mol. The Morgan fingerprint density at radius 2 is 1.77 bits per heavy atom. The third-order valence-electron chi connectivity index (χ3n) is 3.57. The number of hydrogen-bond acceptors (Lipinski definition) is 5. The third kappa shape index (κ3) is 4.07. The van der Waals surface area contributed by atoms with Gasteiger partial charge >= 0.3 is 0 Å². The SMILES string of the molecule is CC(=O)Nc1cccc(NC(=O)c2nc(-c3cccnc3)cnc2C)c1. The van der Waals surface area contributed by atoms with Crippen LogP contribution >= 0.6 is 0 Å².